The first-order valence-corrected chi connectivity index (χ1v) is 8.89. The summed E-state index contributed by atoms with van der Waals surface area (Å²) in [5.74, 6) is 0.0119. The summed E-state index contributed by atoms with van der Waals surface area (Å²) in [6.45, 7) is 3.94. The molecule has 4 nitrogen and oxygen atoms in total. The van der Waals surface area contributed by atoms with Crippen molar-refractivity contribution < 1.29 is 19.8 Å². The molecule has 4 aliphatic carbocycles. The van der Waals surface area contributed by atoms with Gasteiger partial charge in [-0.2, -0.15) is 0 Å². The van der Waals surface area contributed by atoms with Gasteiger partial charge in [0.05, 0.1) is 16.6 Å². The predicted octanol–water partition coefficient (Wildman–Crippen LogP) is 2.32. The van der Waals surface area contributed by atoms with E-state index in [1.165, 1.54) is 0 Å². The van der Waals surface area contributed by atoms with Gasteiger partial charge < -0.3 is 10.2 Å². The smallest absolute Gasteiger partial charge is 0.155 e. The first kappa shape index (κ1) is 15.5. The molecular weight excluding hydrogens is 292 g/mol. The van der Waals surface area contributed by atoms with E-state index in [9.17, 15) is 19.8 Å². The van der Waals surface area contributed by atoms with Gasteiger partial charge in [-0.05, 0) is 51.5 Å². The molecule has 3 fully saturated rings. The van der Waals surface area contributed by atoms with Crippen LogP contribution in [0.15, 0.2) is 11.6 Å². The van der Waals surface area contributed by atoms with E-state index in [-0.39, 0.29) is 17.5 Å². The third-order valence-corrected chi connectivity index (χ3v) is 8.04. The number of carbonyl (C=O) groups excluding carboxylic acids is 2. The molecule has 0 heterocycles. The van der Waals surface area contributed by atoms with Gasteiger partial charge in [0.1, 0.15) is 5.78 Å². The van der Waals surface area contributed by atoms with Crippen LogP contribution in [0.5, 0.6) is 0 Å². The van der Waals surface area contributed by atoms with Crippen LogP contribution in [0.1, 0.15) is 65.2 Å². The van der Waals surface area contributed by atoms with Crippen LogP contribution in [-0.2, 0) is 9.59 Å². The summed E-state index contributed by atoms with van der Waals surface area (Å²) in [6.07, 6.45) is 6.17. The number of rotatable bonds is 0. The van der Waals surface area contributed by atoms with Crippen LogP contribution in [-0.4, -0.2) is 33.0 Å². The fourth-order valence-corrected chi connectivity index (χ4v) is 6.26. The van der Waals surface area contributed by atoms with E-state index in [4.69, 9.17) is 0 Å². The van der Waals surface area contributed by atoms with Gasteiger partial charge in [0.25, 0.3) is 0 Å². The first-order valence-electron chi connectivity index (χ1n) is 8.89. The van der Waals surface area contributed by atoms with Crippen LogP contribution in [0.25, 0.3) is 0 Å². The van der Waals surface area contributed by atoms with Gasteiger partial charge in [0.2, 0.25) is 0 Å². The Balaban J connectivity index is 1.83. The lowest BCUT2D eigenvalue weighted by Gasteiger charge is -2.64. The summed E-state index contributed by atoms with van der Waals surface area (Å²) >= 11 is 0. The maximum atomic E-state index is 12.4. The van der Waals surface area contributed by atoms with E-state index in [1.807, 2.05) is 6.92 Å². The van der Waals surface area contributed by atoms with Crippen LogP contribution in [0.4, 0.5) is 0 Å². The molecule has 0 aliphatic heterocycles. The fourth-order valence-electron chi connectivity index (χ4n) is 6.26. The Hall–Kier alpha value is -1.00. The van der Waals surface area contributed by atoms with Gasteiger partial charge in [-0.15, -0.1) is 0 Å². The lowest BCUT2D eigenvalue weighted by atomic mass is 9.43. The molecule has 0 aromatic heterocycles. The maximum absolute atomic E-state index is 12.4. The minimum Gasteiger partial charge on any atom is -0.389 e. The molecule has 3 saturated carbocycles. The molecule has 4 aliphatic rings. The maximum Gasteiger partial charge on any atom is 0.155 e. The highest BCUT2D eigenvalue weighted by atomic mass is 16.3. The largest absolute Gasteiger partial charge is 0.389 e. The van der Waals surface area contributed by atoms with Crippen molar-refractivity contribution in [2.75, 3.05) is 0 Å². The topological polar surface area (TPSA) is 74.6 Å². The minimum atomic E-state index is -1.10. The summed E-state index contributed by atoms with van der Waals surface area (Å²) < 4.78 is 0. The molecule has 0 saturated heterocycles. The van der Waals surface area contributed by atoms with E-state index in [2.05, 4.69) is 6.92 Å². The Bertz CT molecular complexity index is 637. The number of ketones is 2. The normalized spacial score (nSPS) is 52.5. The molecule has 126 valence electrons. The van der Waals surface area contributed by atoms with E-state index in [0.717, 1.165) is 12.0 Å². The minimum absolute atomic E-state index is 0.146. The Morgan fingerprint density at radius 2 is 1.61 bits per heavy atom. The number of hydrogen-bond donors (Lipinski definition) is 2. The van der Waals surface area contributed by atoms with Crippen LogP contribution in [0, 0.1) is 16.7 Å². The standard InChI is InChI=1S/C19H26O4/c1-16-7-5-13(20)11-12(16)3-4-14-18(22)8-6-15(21)17(18,2)9-10-19(14,16)23/h11,14,22-23H,3-10H2,1-2H3/t14-,16-,17+,18+,19+/m0/s1. The fraction of sp³-hybridized carbons (Fsp3) is 0.789. The zero-order valence-corrected chi connectivity index (χ0v) is 14.0. The lowest BCUT2D eigenvalue weighted by molar-refractivity contribution is -0.247. The van der Waals surface area contributed by atoms with Crippen molar-refractivity contribution >= 4 is 11.6 Å². The molecule has 5 atom stereocenters. The van der Waals surface area contributed by atoms with E-state index in [0.29, 0.717) is 44.9 Å². The molecule has 4 heteroatoms. The van der Waals surface area contributed by atoms with Crippen LogP contribution in [0.2, 0.25) is 0 Å². The van der Waals surface area contributed by atoms with E-state index < -0.39 is 22.0 Å². The highest BCUT2D eigenvalue weighted by Crippen LogP contribution is 2.67. The molecule has 0 radical (unpaired) electrons. The summed E-state index contributed by atoms with van der Waals surface area (Å²) in [5.41, 5.74) is -2.24. The van der Waals surface area contributed by atoms with Crippen molar-refractivity contribution in [2.24, 2.45) is 16.7 Å². The average molecular weight is 318 g/mol. The summed E-state index contributed by atoms with van der Waals surface area (Å²) in [4.78, 5) is 24.2. The third kappa shape index (κ3) is 1.59. The molecular formula is C19H26O4. The predicted molar refractivity (Wildman–Crippen MR) is 84.6 cm³/mol. The average Bonchev–Trinajstić information content (AvgIpc) is 2.74. The van der Waals surface area contributed by atoms with Crippen LogP contribution in [0.3, 0.4) is 0 Å². The molecule has 0 aromatic rings. The Kier molecular flexibility index (Phi) is 2.93. The van der Waals surface area contributed by atoms with Crippen molar-refractivity contribution in [3.05, 3.63) is 11.6 Å². The number of hydrogen-bond acceptors (Lipinski definition) is 4. The number of Topliss-reactive ketones (excluding diaryl/α,β-unsaturated/α-hetero) is 1. The van der Waals surface area contributed by atoms with Gasteiger partial charge >= 0.3 is 0 Å². The van der Waals surface area contributed by atoms with Gasteiger partial charge in [-0.1, -0.05) is 12.5 Å². The second-order valence-corrected chi connectivity index (χ2v) is 8.66. The lowest BCUT2D eigenvalue weighted by Crippen LogP contribution is -2.69. The first-order chi connectivity index (χ1) is 10.7. The monoisotopic (exact) mass is 318 g/mol. The second-order valence-electron chi connectivity index (χ2n) is 8.66. The van der Waals surface area contributed by atoms with Crippen molar-refractivity contribution in [1.29, 1.82) is 0 Å². The van der Waals surface area contributed by atoms with Crippen molar-refractivity contribution in [1.82, 2.24) is 0 Å². The summed E-state index contributed by atoms with van der Waals surface area (Å²) in [7, 11) is 0. The van der Waals surface area contributed by atoms with Crippen molar-refractivity contribution in [3.63, 3.8) is 0 Å². The van der Waals surface area contributed by atoms with E-state index in [1.54, 1.807) is 6.08 Å². The Morgan fingerprint density at radius 1 is 0.913 bits per heavy atom. The molecule has 2 N–H and O–H groups in total. The third-order valence-electron chi connectivity index (χ3n) is 8.04. The SMILES string of the molecule is C[C@]12CCC(=O)C=C1CC[C@@H]1[C@]2(O)CC[C@]2(C)C(=O)CC[C@@]12O. The zero-order valence-electron chi connectivity index (χ0n) is 14.0. The van der Waals surface area contributed by atoms with Gasteiger partial charge in [0, 0.05) is 24.2 Å². The molecule has 0 spiro atoms. The molecule has 0 amide bonds. The zero-order chi connectivity index (χ0) is 16.7. The Morgan fingerprint density at radius 3 is 2.35 bits per heavy atom. The van der Waals surface area contributed by atoms with Gasteiger partial charge in [0.15, 0.2) is 5.78 Å². The molecule has 4 rings (SSSR count). The van der Waals surface area contributed by atoms with E-state index >= 15 is 0 Å². The quantitative estimate of drug-likeness (QED) is 0.719. The molecule has 0 bridgehead atoms. The highest BCUT2D eigenvalue weighted by molar-refractivity contribution is 5.92. The molecule has 0 unspecified atom stereocenters. The van der Waals surface area contributed by atoms with Crippen molar-refractivity contribution in [3.8, 4) is 0 Å². The highest BCUT2D eigenvalue weighted by Gasteiger charge is 2.72. The number of fused-ring (bicyclic) bond motifs is 5. The summed E-state index contributed by atoms with van der Waals surface area (Å²) in [6, 6.07) is 0. The number of carbonyl (C=O) groups is 2. The van der Waals surface area contributed by atoms with Gasteiger partial charge in [-0.25, -0.2) is 0 Å². The van der Waals surface area contributed by atoms with Crippen LogP contribution >= 0.6 is 0 Å². The molecule has 0 aromatic carbocycles. The second kappa shape index (κ2) is 4.34. The van der Waals surface area contributed by atoms with Gasteiger partial charge in [-0.3, -0.25) is 9.59 Å². The summed E-state index contributed by atoms with van der Waals surface area (Å²) in [5, 5.41) is 23.2. The Labute approximate surface area is 137 Å². The number of aliphatic hydroxyl groups is 2. The molecule has 23 heavy (non-hydrogen) atoms. The van der Waals surface area contributed by atoms with Crippen molar-refractivity contribution in [2.45, 2.75) is 76.4 Å². The van der Waals surface area contributed by atoms with Crippen LogP contribution < -0.4 is 0 Å².